The highest BCUT2D eigenvalue weighted by Crippen LogP contribution is 2.26. The third-order valence-electron chi connectivity index (χ3n) is 4.40. The molecule has 0 aliphatic carbocycles. The lowest BCUT2D eigenvalue weighted by molar-refractivity contribution is -0.120. The van der Waals surface area contributed by atoms with Crippen molar-refractivity contribution in [1.29, 1.82) is 0 Å². The predicted molar refractivity (Wildman–Crippen MR) is 113 cm³/mol. The third kappa shape index (κ3) is 5.02. The zero-order valence-corrected chi connectivity index (χ0v) is 17.6. The minimum absolute atomic E-state index is 0.112. The van der Waals surface area contributed by atoms with Crippen LogP contribution < -0.4 is 9.62 Å². The Labute approximate surface area is 173 Å². The Hall–Kier alpha value is -2.71. The maximum atomic E-state index is 13.3. The summed E-state index contributed by atoms with van der Waals surface area (Å²) in [5.41, 5.74) is 2.24. The van der Waals surface area contributed by atoms with Gasteiger partial charge in [-0.3, -0.25) is 9.10 Å². The molecule has 0 fully saturated rings. The van der Waals surface area contributed by atoms with Gasteiger partial charge in [-0.25, -0.2) is 12.8 Å². The van der Waals surface area contributed by atoms with Crippen LogP contribution in [0.3, 0.4) is 0 Å². The Balaban J connectivity index is 1.84. The molecule has 3 aromatic rings. The zero-order valence-electron chi connectivity index (χ0n) is 16.0. The van der Waals surface area contributed by atoms with Gasteiger partial charge >= 0.3 is 0 Å². The second-order valence-electron chi connectivity index (χ2n) is 6.62. The standard InChI is InChI=1S/C21H21FN2O3S2/c1-15-5-7-17(8-6-15)16(2)23-20(25)14-24(19-11-9-18(22)10-12-19)29(26,27)21-4-3-13-28-21/h3-13,16H,14H2,1-2H3,(H,23,25)/t16-/m1/s1. The van der Waals surface area contributed by atoms with Gasteiger partial charge in [-0.05, 0) is 55.1 Å². The average Bonchev–Trinajstić information content (AvgIpc) is 3.23. The summed E-state index contributed by atoms with van der Waals surface area (Å²) < 4.78 is 40.6. The van der Waals surface area contributed by atoms with E-state index in [9.17, 15) is 17.6 Å². The van der Waals surface area contributed by atoms with Crippen molar-refractivity contribution in [1.82, 2.24) is 5.32 Å². The van der Waals surface area contributed by atoms with Crippen LogP contribution in [0.2, 0.25) is 0 Å². The molecule has 1 aromatic heterocycles. The molecule has 5 nitrogen and oxygen atoms in total. The molecule has 0 aliphatic heterocycles. The number of amides is 1. The first-order valence-electron chi connectivity index (χ1n) is 8.95. The topological polar surface area (TPSA) is 66.5 Å². The van der Waals surface area contributed by atoms with Crippen molar-refractivity contribution in [3.63, 3.8) is 0 Å². The van der Waals surface area contributed by atoms with E-state index in [0.717, 1.165) is 26.8 Å². The number of aryl methyl sites for hydroxylation is 1. The highest BCUT2D eigenvalue weighted by atomic mass is 32.2. The first kappa shape index (κ1) is 21.0. The highest BCUT2D eigenvalue weighted by molar-refractivity contribution is 7.94. The number of anilines is 1. The highest BCUT2D eigenvalue weighted by Gasteiger charge is 2.28. The summed E-state index contributed by atoms with van der Waals surface area (Å²) >= 11 is 1.06. The maximum absolute atomic E-state index is 13.3. The molecule has 1 N–H and O–H groups in total. The number of halogens is 1. The average molecular weight is 433 g/mol. The van der Waals surface area contributed by atoms with E-state index in [1.54, 1.807) is 11.4 Å². The minimum atomic E-state index is -3.96. The second-order valence-corrected chi connectivity index (χ2v) is 9.66. The van der Waals surface area contributed by atoms with Crippen LogP contribution in [-0.2, 0) is 14.8 Å². The van der Waals surface area contributed by atoms with Gasteiger partial charge in [-0.2, -0.15) is 0 Å². The van der Waals surface area contributed by atoms with Crippen molar-refractivity contribution < 1.29 is 17.6 Å². The van der Waals surface area contributed by atoms with Crippen LogP contribution in [0.25, 0.3) is 0 Å². The third-order valence-corrected chi connectivity index (χ3v) is 7.54. The van der Waals surface area contributed by atoms with E-state index in [4.69, 9.17) is 0 Å². The summed E-state index contributed by atoms with van der Waals surface area (Å²) in [6, 6.07) is 15.6. The number of carbonyl (C=O) groups is 1. The minimum Gasteiger partial charge on any atom is -0.348 e. The number of carbonyl (C=O) groups excluding carboxylic acids is 1. The molecular weight excluding hydrogens is 411 g/mol. The molecule has 0 aliphatic rings. The molecule has 0 saturated heterocycles. The summed E-state index contributed by atoms with van der Waals surface area (Å²) in [6.07, 6.45) is 0. The molecule has 0 radical (unpaired) electrons. The molecule has 152 valence electrons. The van der Waals surface area contributed by atoms with Crippen LogP contribution in [0.1, 0.15) is 24.1 Å². The van der Waals surface area contributed by atoms with Crippen LogP contribution in [0.15, 0.2) is 70.3 Å². The smallest absolute Gasteiger partial charge is 0.274 e. The van der Waals surface area contributed by atoms with Crippen molar-refractivity contribution in [2.75, 3.05) is 10.8 Å². The number of hydrogen-bond acceptors (Lipinski definition) is 4. The first-order valence-corrected chi connectivity index (χ1v) is 11.3. The molecule has 0 bridgehead atoms. The molecule has 29 heavy (non-hydrogen) atoms. The van der Waals surface area contributed by atoms with Crippen LogP contribution >= 0.6 is 11.3 Å². The lowest BCUT2D eigenvalue weighted by Gasteiger charge is -2.24. The number of thiophene rings is 1. The van der Waals surface area contributed by atoms with Gasteiger partial charge in [0.2, 0.25) is 5.91 Å². The van der Waals surface area contributed by atoms with Crippen LogP contribution in [-0.4, -0.2) is 20.9 Å². The Morgan fingerprint density at radius 1 is 1.10 bits per heavy atom. The molecule has 0 saturated carbocycles. The molecule has 0 unspecified atom stereocenters. The van der Waals surface area contributed by atoms with Gasteiger partial charge in [-0.1, -0.05) is 35.9 Å². The Morgan fingerprint density at radius 3 is 2.34 bits per heavy atom. The normalized spacial score (nSPS) is 12.4. The summed E-state index contributed by atoms with van der Waals surface area (Å²) in [5.74, 6) is -0.942. The van der Waals surface area contributed by atoms with Gasteiger partial charge < -0.3 is 5.32 Å². The number of hydrogen-bond donors (Lipinski definition) is 1. The van der Waals surface area contributed by atoms with Gasteiger partial charge in [0, 0.05) is 0 Å². The lowest BCUT2D eigenvalue weighted by Crippen LogP contribution is -2.41. The predicted octanol–water partition coefficient (Wildman–Crippen LogP) is 4.27. The second kappa shape index (κ2) is 8.75. The summed E-state index contributed by atoms with van der Waals surface area (Å²) in [6.45, 7) is 3.39. The molecule has 8 heteroatoms. The number of nitrogens with one attached hydrogen (secondary N) is 1. The number of rotatable bonds is 7. The SMILES string of the molecule is Cc1ccc([C@@H](C)NC(=O)CN(c2ccc(F)cc2)S(=O)(=O)c2cccs2)cc1. The fourth-order valence-corrected chi connectivity index (χ4v) is 5.32. The van der Waals surface area contributed by atoms with E-state index in [2.05, 4.69) is 5.32 Å². The van der Waals surface area contributed by atoms with Crippen LogP contribution in [0.4, 0.5) is 10.1 Å². The molecular formula is C21H21FN2O3S2. The Bertz CT molecular complexity index is 1060. The Morgan fingerprint density at radius 2 is 1.76 bits per heavy atom. The summed E-state index contributed by atoms with van der Waals surface area (Å²) in [7, 11) is -3.96. The van der Waals surface area contributed by atoms with Gasteiger partial charge in [-0.15, -0.1) is 11.3 Å². The van der Waals surface area contributed by atoms with Crippen molar-refractivity contribution in [3.8, 4) is 0 Å². The molecule has 1 amide bonds. The number of benzene rings is 2. The molecule has 3 rings (SSSR count). The fourth-order valence-electron chi connectivity index (χ4n) is 2.80. The molecule has 1 atom stereocenters. The van der Waals surface area contributed by atoms with E-state index in [1.165, 1.54) is 30.3 Å². The quantitative estimate of drug-likeness (QED) is 0.606. The van der Waals surface area contributed by atoms with E-state index in [0.29, 0.717) is 0 Å². The molecule has 1 heterocycles. The lowest BCUT2D eigenvalue weighted by atomic mass is 10.1. The first-order chi connectivity index (χ1) is 13.8. The summed E-state index contributed by atoms with van der Waals surface area (Å²) in [4.78, 5) is 12.7. The fraction of sp³-hybridized carbons (Fsp3) is 0.190. The van der Waals surface area contributed by atoms with Crippen molar-refractivity contribution in [2.24, 2.45) is 0 Å². The monoisotopic (exact) mass is 432 g/mol. The molecule has 2 aromatic carbocycles. The van der Waals surface area contributed by atoms with Crippen molar-refractivity contribution in [2.45, 2.75) is 24.1 Å². The van der Waals surface area contributed by atoms with E-state index >= 15 is 0 Å². The van der Waals surface area contributed by atoms with E-state index in [-0.39, 0.29) is 15.9 Å². The van der Waals surface area contributed by atoms with E-state index < -0.39 is 28.3 Å². The summed E-state index contributed by atoms with van der Waals surface area (Å²) in [5, 5.41) is 4.48. The largest absolute Gasteiger partial charge is 0.348 e. The van der Waals surface area contributed by atoms with Crippen molar-refractivity contribution >= 4 is 33.0 Å². The van der Waals surface area contributed by atoms with E-state index in [1.807, 2.05) is 38.1 Å². The number of nitrogens with zero attached hydrogens (tertiary/aromatic N) is 1. The zero-order chi connectivity index (χ0) is 21.0. The molecule has 0 spiro atoms. The van der Waals surface area contributed by atoms with Gasteiger partial charge in [0.25, 0.3) is 10.0 Å². The van der Waals surface area contributed by atoms with Gasteiger partial charge in [0.15, 0.2) is 0 Å². The van der Waals surface area contributed by atoms with Crippen molar-refractivity contribution in [3.05, 3.63) is 83.0 Å². The van der Waals surface area contributed by atoms with Gasteiger partial charge in [0.05, 0.1) is 11.7 Å². The Kier molecular flexibility index (Phi) is 6.34. The van der Waals surface area contributed by atoms with Gasteiger partial charge in [0.1, 0.15) is 16.6 Å². The van der Waals surface area contributed by atoms with Crippen LogP contribution in [0, 0.1) is 12.7 Å². The van der Waals surface area contributed by atoms with Crippen LogP contribution in [0.5, 0.6) is 0 Å². The maximum Gasteiger partial charge on any atom is 0.274 e. The number of sulfonamides is 1.